The summed E-state index contributed by atoms with van der Waals surface area (Å²) in [5.41, 5.74) is 1.83. The van der Waals surface area contributed by atoms with Crippen LogP contribution in [-0.2, 0) is 9.53 Å². The highest BCUT2D eigenvalue weighted by Crippen LogP contribution is 2.39. The van der Waals surface area contributed by atoms with Crippen LogP contribution in [0.25, 0.3) is 22.1 Å². The van der Waals surface area contributed by atoms with Crippen molar-refractivity contribution in [2.45, 2.75) is 32.3 Å². The van der Waals surface area contributed by atoms with E-state index in [1.54, 1.807) is 24.3 Å². The number of carbonyl (C=O) groups is 1. The Kier molecular flexibility index (Phi) is 6.78. The van der Waals surface area contributed by atoms with Crippen LogP contribution in [0, 0.1) is 0 Å². The minimum atomic E-state index is -0.637. The third-order valence-electron chi connectivity index (χ3n) is 5.74. The summed E-state index contributed by atoms with van der Waals surface area (Å²) in [4.78, 5) is 25.7. The maximum Gasteiger partial charge on any atom is 0.306 e. The molecule has 1 aromatic heterocycles. The molecule has 7 heteroatoms. The van der Waals surface area contributed by atoms with E-state index in [1.165, 1.54) is 37.6 Å². The Hall–Kier alpha value is -4.26. The zero-order valence-electron chi connectivity index (χ0n) is 19.6. The van der Waals surface area contributed by atoms with Gasteiger partial charge in [-0.25, -0.2) is 0 Å². The number of rotatable bonds is 7. The molecule has 0 spiro atoms. The lowest BCUT2D eigenvalue weighted by Gasteiger charge is -2.20. The van der Waals surface area contributed by atoms with Gasteiger partial charge in [-0.1, -0.05) is 24.3 Å². The molecule has 0 aliphatic heterocycles. The van der Waals surface area contributed by atoms with Gasteiger partial charge in [-0.2, -0.15) is 0 Å². The first kappa shape index (κ1) is 23.9. The molecule has 0 amide bonds. The summed E-state index contributed by atoms with van der Waals surface area (Å²) in [7, 11) is 1.30. The zero-order valence-corrected chi connectivity index (χ0v) is 19.6. The molecule has 7 nitrogen and oxygen atoms in total. The van der Waals surface area contributed by atoms with Gasteiger partial charge in [-0.15, -0.1) is 0 Å². The Morgan fingerprint density at radius 2 is 1.66 bits per heavy atom. The molecule has 35 heavy (non-hydrogen) atoms. The molecular formula is C28H26O7. The number of phenolic OH excluding ortho intramolecular Hbond substituents is 2. The van der Waals surface area contributed by atoms with E-state index in [9.17, 15) is 19.8 Å². The number of fused-ring (bicyclic) bond motifs is 1. The molecule has 3 aromatic carbocycles. The van der Waals surface area contributed by atoms with Crippen molar-refractivity contribution in [3.05, 3.63) is 88.3 Å². The van der Waals surface area contributed by atoms with Gasteiger partial charge >= 0.3 is 5.97 Å². The van der Waals surface area contributed by atoms with Crippen molar-refractivity contribution in [3.63, 3.8) is 0 Å². The fourth-order valence-electron chi connectivity index (χ4n) is 4.08. The number of esters is 1. The topological polar surface area (TPSA) is 106 Å². The molecule has 1 atom stereocenters. The highest BCUT2D eigenvalue weighted by atomic mass is 16.5. The van der Waals surface area contributed by atoms with E-state index in [-0.39, 0.29) is 40.4 Å². The maximum absolute atomic E-state index is 13.3. The van der Waals surface area contributed by atoms with Crippen molar-refractivity contribution in [1.29, 1.82) is 0 Å². The average Bonchev–Trinajstić information content (AvgIpc) is 2.84. The predicted molar refractivity (Wildman–Crippen MR) is 132 cm³/mol. The Morgan fingerprint density at radius 3 is 2.29 bits per heavy atom. The number of benzene rings is 3. The van der Waals surface area contributed by atoms with Crippen LogP contribution >= 0.6 is 0 Å². The number of hydrogen-bond donors (Lipinski definition) is 2. The number of hydrogen-bond acceptors (Lipinski definition) is 7. The van der Waals surface area contributed by atoms with Crippen LogP contribution in [0.1, 0.15) is 37.3 Å². The molecule has 0 aliphatic carbocycles. The maximum atomic E-state index is 13.3. The van der Waals surface area contributed by atoms with Crippen molar-refractivity contribution in [2.24, 2.45) is 0 Å². The first-order valence-electron chi connectivity index (χ1n) is 11.2. The van der Waals surface area contributed by atoms with E-state index in [0.717, 1.165) is 5.56 Å². The summed E-state index contributed by atoms with van der Waals surface area (Å²) in [5.74, 6) is -0.456. The summed E-state index contributed by atoms with van der Waals surface area (Å²) in [6.45, 7) is 3.85. The third kappa shape index (κ3) is 4.99. The molecule has 0 saturated carbocycles. The lowest BCUT2D eigenvalue weighted by molar-refractivity contribution is -0.140. The van der Waals surface area contributed by atoms with Crippen LogP contribution in [-0.4, -0.2) is 29.4 Å². The van der Waals surface area contributed by atoms with Gasteiger partial charge in [0.1, 0.15) is 29.1 Å². The van der Waals surface area contributed by atoms with Crippen LogP contribution in [0.5, 0.6) is 17.2 Å². The molecule has 2 N–H and O–H groups in total. The second kappa shape index (κ2) is 9.93. The highest BCUT2D eigenvalue weighted by molar-refractivity contribution is 5.87. The summed E-state index contributed by atoms with van der Waals surface area (Å²) in [6.07, 6.45) is 1.26. The minimum Gasteiger partial charge on any atom is -0.508 e. The monoisotopic (exact) mass is 474 g/mol. The van der Waals surface area contributed by atoms with Crippen molar-refractivity contribution in [1.82, 2.24) is 0 Å². The minimum absolute atomic E-state index is 0.00544. The molecule has 0 unspecified atom stereocenters. The molecule has 0 bridgehead atoms. The Labute approximate surface area is 202 Å². The summed E-state index contributed by atoms with van der Waals surface area (Å²) >= 11 is 0. The van der Waals surface area contributed by atoms with Gasteiger partial charge in [0.25, 0.3) is 0 Å². The SMILES string of the molecule is COC(=O)C[C@H](c1ccc(OC(C)C)cc1)c1c(O)ccc2c(=O)c(-c3ccc(O)cc3)coc12. The first-order valence-corrected chi connectivity index (χ1v) is 11.2. The lowest BCUT2D eigenvalue weighted by Crippen LogP contribution is -2.13. The van der Waals surface area contributed by atoms with Crippen molar-refractivity contribution < 1.29 is 28.9 Å². The second-order valence-electron chi connectivity index (χ2n) is 8.47. The molecular weight excluding hydrogens is 448 g/mol. The number of aromatic hydroxyl groups is 2. The molecule has 0 saturated heterocycles. The van der Waals surface area contributed by atoms with Crippen molar-refractivity contribution >= 4 is 16.9 Å². The number of phenols is 2. The number of carbonyl (C=O) groups excluding carboxylic acids is 1. The molecule has 0 fully saturated rings. The molecule has 1 heterocycles. The Bertz CT molecular complexity index is 1400. The molecule has 180 valence electrons. The standard InChI is InChI=1S/C28H26O7/c1-16(2)35-20-10-6-17(7-11-20)22(14-25(31)33-3)26-24(30)13-12-21-27(32)23(15-34-28(21)26)18-4-8-19(29)9-5-18/h4-13,15-16,22,29-30H,14H2,1-3H3/t22-/m1/s1. The van der Waals surface area contributed by atoms with Crippen LogP contribution in [0.2, 0.25) is 0 Å². The van der Waals surface area contributed by atoms with Gasteiger partial charge < -0.3 is 24.1 Å². The van der Waals surface area contributed by atoms with Gasteiger partial charge in [0.2, 0.25) is 5.43 Å². The Balaban J connectivity index is 1.87. The van der Waals surface area contributed by atoms with Crippen molar-refractivity contribution in [3.8, 4) is 28.4 Å². The van der Waals surface area contributed by atoms with E-state index in [2.05, 4.69) is 0 Å². The normalized spacial score (nSPS) is 12.0. The number of ether oxygens (including phenoxy) is 2. The molecule has 4 rings (SSSR count). The fraction of sp³-hybridized carbons (Fsp3) is 0.214. The van der Waals surface area contributed by atoms with E-state index in [1.807, 2.05) is 26.0 Å². The van der Waals surface area contributed by atoms with Crippen LogP contribution in [0.3, 0.4) is 0 Å². The predicted octanol–water partition coefficient (Wildman–Crippen LogP) is 5.35. The smallest absolute Gasteiger partial charge is 0.306 e. The van der Waals surface area contributed by atoms with Gasteiger partial charge in [0.15, 0.2) is 0 Å². The molecule has 0 aliphatic rings. The van der Waals surface area contributed by atoms with Crippen LogP contribution in [0.4, 0.5) is 0 Å². The summed E-state index contributed by atoms with van der Waals surface area (Å²) < 4.78 is 16.5. The first-order chi connectivity index (χ1) is 16.8. The zero-order chi connectivity index (χ0) is 25.1. The van der Waals surface area contributed by atoms with Crippen molar-refractivity contribution in [2.75, 3.05) is 7.11 Å². The van der Waals surface area contributed by atoms with Crippen LogP contribution in [0.15, 0.2) is 76.1 Å². The van der Waals surface area contributed by atoms with Gasteiger partial charge in [0, 0.05) is 11.5 Å². The van der Waals surface area contributed by atoms with Gasteiger partial charge in [-0.3, -0.25) is 9.59 Å². The summed E-state index contributed by atoms with van der Waals surface area (Å²) in [6, 6.07) is 16.3. The number of methoxy groups -OCH3 is 1. The average molecular weight is 475 g/mol. The van der Waals surface area contributed by atoms with E-state index < -0.39 is 11.9 Å². The molecule has 4 aromatic rings. The fourth-order valence-corrected chi connectivity index (χ4v) is 4.08. The van der Waals surface area contributed by atoms with Crippen LogP contribution < -0.4 is 10.2 Å². The largest absolute Gasteiger partial charge is 0.508 e. The third-order valence-corrected chi connectivity index (χ3v) is 5.74. The molecule has 0 radical (unpaired) electrons. The van der Waals surface area contributed by atoms with Gasteiger partial charge in [0.05, 0.1) is 30.6 Å². The van der Waals surface area contributed by atoms with E-state index >= 15 is 0 Å². The van der Waals surface area contributed by atoms with E-state index in [0.29, 0.717) is 22.4 Å². The Morgan fingerprint density at radius 1 is 0.971 bits per heavy atom. The second-order valence-corrected chi connectivity index (χ2v) is 8.47. The highest BCUT2D eigenvalue weighted by Gasteiger charge is 2.26. The summed E-state index contributed by atoms with van der Waals surface area (Å²) in [5, 5.41) is 20.7. The van der Waals surface area contributed by atoms with E-state index in [4.69, 9.17) is 13.9 Å². The lowest BCUT2D eigenvalue weighted by atomic mass is 9.86. The van der Waals surface area contributed by atoms with Gasteiger partial charge in [-0.05, 0) is 61.4 Å². The quantitative estimate of drug-likeness (QED) is 0.348.